The predicted molar refractivity (Wildman–Crippen MR) is 78.9 cm³/mol. The highest BCUT2D eigenvalue weighted by molar-refractivity contribution is 7.07. The number of nitrogens with one attached hydrogen (secondary N) is 2. The van der Waals surface area contributed by atoms with Gasteiger partial charge >= 0.3 is 0 Å². The summed E-state index contributed by atoms with van der Waals surface area (Å²) in [5, 5.41) is 7.39. The zero-order chi connectivity index (χ0) is 15.4. The number of nitrogens with zero attached hydrogens (tertiary/aromatic N) is 1. The van der Waals surface area contributed by atoms with Gasteiger partial charge in [0.1, 0.15) is 6.10 Å². The average Bonchev–Trinajstić information content (AvgIpc) is 3.17. The molecule has 1 saturated heterocycles. The van der Waals surface area contributed by atoms with E-state index >= 15 is 0 Å². The van der Waals surface area contributed by atoms with Crippen molar-refractivity contribution in [1.82, 2.24) is 15.6 Å². The zero-order valence-corrected chi connectivity index (χ0v) is 12.7. The van der Waals surface area contributed by atoms with Crippen molar-refractivity contribution in [2.24, 2.45) is 0 Å². The van der Waals surface area contributed by atoms with E-state index in [0.29, 0.717) is 31.8 Å². The maximum atomic E-state index is 12.2. The number of carbonyl (C=O) groups excluding carboxylic acids is 2. The van der Waals surface area contributed by atoms with E-state index in [1.807, 2.05) is 5.38 Å². The number of rotatable bonds is 5. The molecule has 0 unspecified atom stereocenters. The van der Waals surface area contributed by atoms with Crippen LogP contribution in [0.1, 0.15) is 18.5 Å². The number of ether oxygens (including phenoxy) is 2. The second-order valence-corrected chi connectivity index (χ2v) is 5.91. The normalized spacial score (nSPS) is 24.7. The molecule has 1 aromatic rings. The SMILES string of the molecule is O=C1CC(C(=O)N[C@@H]2CCOC[C@H]2OCc2cscn2)=CN1. The van der Waals surface area contributed by atoms with Crippen LogP contribution in [0, 0.1) is 0 Å². The van der Waals surface area contributed by atoms with Crippen molar-refractivity contribution < 1.29 is 19.1 Å². The van der Waals surface area contributed by atoms with Gasteiger partial charge in [0.05, 0.1) is 36.9 Å². The van der Waals surface area contributed by atoms with E-state index in [1.54, 1.807) is 5.51 Å². The summed E-state index contributed by atoms with van der Waals surface area (Å²) in [6.07, 6.45) is 2.05. The molecule has 7 nitrogen and oxygen atoms in total. The third-order valence-electron chi connectivity index (χ3n) is 3.60. The Labute approximate surface area is 131 Å². The highest BCUT2D eigenvalue weighted by atomic mass is 32.1. The second-order valence-electron chi connectivity index (χ2n) is 5.19. The lowest BCUT2D eigenvalue weighted by molar-refractivity contribution is -0.124. The van der Waals surface area contributed by atoms with Gasteiger partial charge in [-0.05, 0) is 6.42 Å². The lowest BCUT2D eigenvalue weighted by Crippen LogP contribution is -2.50. The van der Waals surface area contributed by atoms with E-state index in [1.165, 1.54) is 17.5 Å². The molecule has 2 amide bonds. The summed E-state index contributed by atoms with van der Waals surface area (Å²) < 4.78 is 11.3. The summed E-state index contributed by atoms with van der Waals surface area (Å²) in [5.41, 5.74) is 3.08. The molecule has 0 aromatic carbocycles. The summed E-state index contributed by atoms with van der Waals surface area (Å²) in [6.45, 7) is 1.41. The highest BCUT2D eigenvalue weighted by Crippen LogP contribution is 2.16. The average molecular weight is 323 g/mol. The van der Waals surface area contributed by atoms with Crippen LogP contribution in [-0.2, 0) is 25.7 Å². The molecular formula is C14H17N3O4S. The topological polar surface area (TPSA) is 89.6 Å². The third-order valence-corrected chi connectivity index (χ3v) is 4.23. The molecular weight excluding hydrogens is 306 g/mol. The van der Waals surface area contributed by atoms with E-state index in [2.05, 4.69) is 15.6 Å². The lowest BCUT2D eigenvalue weighted by atomic mass is 10.1. The zero-order valence-electron chi connectivity index (χ0n) is 11.9. The minimum absolute atomic E-state index is 0.124. The molecule has 3 rings (SSSR count). The van der Waals surface area contributed by atoms with Gasteiger partial charge in [0.15, 0.2) is 0 Å². The van der Waals surface area contributed by atoms with Crippen LogP contribution in [0.25, 0.3) is 0 Å². The molecule has 3 heterocycles. The number of hydrogen-bond donors (Lipinski definition) is 2. The Morgan fingerprint density at radius 3 is 3.23 bits per heavy atom. The molecule has 0 aliphatic carbocycles. The molecule has 0 bridgehead atoms. The first kappa shape index (κ1) is 15.1. The number of aromatic nitrogens is 1. The quantitative estimate of drug-likeness (QED) is 0.815. The molecule has 2 atom stereocenters. The fraction of sp³-hybridized carbons (Fsp3) is 0.500. The Kier molecular flexibility index (Phi) is 4.81. The molecule has 0 spiro atoms. The van der Waals surface area contributed by atoms with Crippen LogP contribution in [0.2, 0.25) is 0 Å². The van der Waals surface area contributed by atoms with E-state index < -0.39 is 0 Å². The molecule has 22 heavy (non-hydrogen) atoms. The monoisotopic (exact) mass is 323 g/mol. The van der Waals surface area contributed by atoms with Crippen LogP contribution < -0.4 is 10.6 Å². The van der Waals surface area contributed by atoms with Crippen LogP contribution in [0.5, 0.6) is 0 Å². The Balaban J connectivity index is 1.55. The van der Waals surface area contributed by atoms with E-state index in [-0.39, 0.29) is 30.4 Å². The first-order valence-corrected chi connectivity index (χ1v) is 8.02. The molecule has 1 fully saturated rings. The smallest absolute Gasteiger partial charge is 0.249 e. The molecule has 1 aromatic heterocycles. The van der Waals surface area contributed by atoms with Crippen molar-refractivity contribution in [1.29, 1.82) is 0 Å². The maximum Gasteiger partial charge on any atom is 0.249 e. The molecule has 0 radical (unpaired) electrons. The number of amides is 2. The van der Waals surface area contributed by atoms with Gasteiger partial charge in [0.25, 0.3) is 0 Å². The highest BCUT2D eigenvalue weighted by Gasteiger charge is 2.30. The van der Waals surface area contributed by atoms with Crippen molar-refractivity contribution in [3.8, 4) is 0 Å². The summed E-state index contributed by atoms with van der Waals surface area (Å²) in [6, 6.07) is -0.128. The Bertz CT molecular complexity index is 573. The van der Waals surface area contributed by atoms with Crippen LogP contribution in [0.15, 0.2) is 22.7 Å². The van der Waals surface area contributed by atoms with E-state index in [0.717, 1.165) is 5.69 Å². The van der Waals surface area contributed by atoms with Crippen molar-refractivity contribution in [3.63, 3.8) is 0 Å². The van der Waals surface area contributed by atoms with Crippen LogP contribution in [0.4, 0.5) is 0 Å². The summed E-state index contributed by atoms with van der Waals surface area (Å²) in [4.78, 5) is 27.5. The predicted octanol–water partition coefficient (Wildman–Crippen LogP) is 0.337. The van der Waals surface area contributed by atoms with Crippen LogP contribution in [-0.4, -0.2) is 42.2 Å². The first-order chi connectivity index (χ1) is 10.7. The minimum atomic E-state index is -0.229. The van der Waals surface area contributed by atoms with Gasteiger partial charge in [-0.2, -0.15) is 0 Å². The lowest BCUT2D eigenvalue weighted by Gasteiger charge is -2.32. The van der Waals surface area contributed by atoms with Gasteiger partial charge in [-0.3, -0.25) is 9.59 Å². The van der Waals surface area contributed by atoms with Crippen molar-refractivity contribution in [2.75, 3.05) is 13.2 Å². The second kappa shape index (κ2) is 6.99. The van der Waals surface area contributed by atoms with Gasteiger partial charge < -0.3 is 20.1 Å². The van der Waals surface area contributed by atoms with Gasteiger partial charge in [0.2, 0.25) is 11.8 Å². The summed E-state index contributed by atoms with van der Waals surface area (Å²) in [7, 11) is 0. The largest absolute Gasteiger partial charge is 0.379 e. The summed E-state index contributed by atoms with van der Waals surface area (Å²) in [5.74, 6) is -0.388. The number of carbonyl (C=O) groups is 2. The molecule has 2 aliphatic heterocycles. The fourth-order valence-corrected chi connectivity index (χ4v) is 2.94. The third kappa shape index (κ3) is 3.70. The van der Waals surface area contributed by atoms with Gasteiger partial charge in [-0.1, -0.05) is 0 Å². The molecule has 8 heteroatoms. The van der Waals surface area contributed by atoms with Gasteiger partial charge in [-0.25, -0.2) is 4.98 Å². The number of thiazole rings is 1. The molecule has 118 valence electrons. The van der Waals surface area contributed by atoms with Crippen molar-refractivity contribution >= 4 is 23.2 Å². The molecule has 2 N–H and O–H groups in total. The Morgan fingerprint density at radius 2 is 2.50 bits per heavy atom. The minimum Gasteiger partial charge on any atom is -0.379 e. The Morgan fingerprint density at radius 1 is 1.59 bits per heavy atom. The van der Waals surface area contributed by atoms with Crippen molar-refractivity contribution in [2.45, 2.75) is 31.6 Å². The maximum absolute atomic E-state index is 12.2. The first-order valence-electron chi connectivity index (χ1n) is 7.08. The fourth-order valence-electron chi connectivity index (χ4n) is 2.39. The van der Waals surface area contributed by atoms with Crippen LogP contribution in [0.3, 0.4) is 0 Å². The standard InChI is InChI=1S/C14H17N3O4S/c18-13-3-9(4-15-13)14(19)17-11-1-2-20-6-12(11)21-5-10-7-22-8-16-10/h4,7-8,11-12H,1-3,5-6H2,(H,15,18)(H,17,19)/t11-,12-/m1/s1. The molecule has 0 saturated carbocycles. The van der Waals surface area contributed by atoms with Crippen LogP contribution >= 0.6 is 11.3 Å². The molecule has 2 aliphatic rings. The van der Waals surface area contributed by atoms with Gasteiger partial charge in [0, 0.05) is 23.8 Å². The van der Waals surface area contributed by atoms with Crippen molar-refractivity contribution in [3.05, 3.63) is 28.4 Å². The number of hydrogen-bond acceptors (Lipinski definition) is 6. The summed E-state index contributed by atoms with van der Waals surface area (Å²) >= 11 is 1.52. The van der Waals surface area contributed by atoms with Gasteiger partial charge in [-0.15, -0.1) is 11.3 Å². The van der Waals surface area contributed by atoms with E-state index in [9.17, 15) is 9.59 Å². The Hall–Kier alpha value is -1.77. The van der Waals surface area contributed by atoms with E-state index in [4.69, 9.17) is 9.47 Å².